The number of aryl methyl sites for hydroxylation is 1. The Balaban J connectivity index is 1.34. The maximum absolute atomic E-state index is 13.3. The first-order valence-electron chi connectivity index (χ1n) is 13.6. The van der Waals surface area contributed by atoms with Gasteiger partial charge in [0.1, 0.15) is 11.5 Å². The monoisotopic (exact) mass is 510 g/mol. The third-order valence-corrected chi connectivity index (χ3v) is 7.66. The van der Waals surface area contributed by atoms with E-state index in [1.165, 1.54) is 0 Å². The Morgan fingerprint density at radius 1 is 0.921 bits per heavy atom. The fraction of sp³-hybridized carbons (Fsp3) is 0.375. The summed E-state index contributed by atoms with van der Waals surface area (Å²) in [7, 11) is 0. The number of fused-ring (bicyclic) bond motifs is 1. The first-order valence-corrected chi connectivity index (χ1v) is 13.6. The molecule has 1 N–H and O–H groups in total. The number of benzene rings is 2. The van der Waals surface area contributed by atoms with Crippen molar-refractivity contribution >= 4 is 17.3 Å². The minimum atomic E-state index is -0.0817. The maximum Gasteiger partial charge on any atom is 0.168 e. The number of carbonyl (C=O) groups excluding carboxylic acids is 2. The van der Waals surface area contributed by atoms with Gasteiger partial charge >= 0.3 is 0 Å². The summed E-state index contributed by atoms with van der Waals surface area (Å²) >= 11 is 0. The van der Waals surface area contributed by atoms with Crippen molar-refractivity contribution in [2.24, 2.45) is 4.99 Å². The van der Waals surface area contributed by atoms with Crippen LogP contribution < -0.4 is 0 Å². The number of hydrogen-bond donors (Lipinski definition) is 1. The van der Waals surface area contributed by atoms with E-state index in [4.69, 9.17) is 9.52 Å². The van der Waals surface area contributed by atoms with Crippen LogP contribution in [-0.4, -0.2) is 34.1 Å². The molecule has 3 aromatic rings. The molecule has 0 amide bonds. The lowest BCUT2D eigenvalue weighted by Crippen LogP contribution is -2.27. The topological polar surface area (TPSA) is 92.8 Å². The van der Waals surface area contributed by atoms with Crippen molar-refractivity contribution in [2.45, 2.75) is 70.1 Å². The van der Waals surface area contributed by atoms with Crippen molar-refractivity contribution in [3.63, 3.8) is 0 Å². The van der Waals surface area contributed by atoms with Gasteiger partial charge < -0.3 is 9.63 Å². The molecular formula is C32H34N2O4. The van der Waals surface area contributed by atoms with E-state index in [0.717, 1.165) is 24.0 Å². The summed E-state index contributed by atoms with van der Waals surface area (Å²) in [6.45, 7) is 2.74. The lowest BCUT2D eigenvalue weighted by atomic mass is 9.78. The molecule has 5 rings (SSSR count). The van der Waals surface area contributed by atoms with E-state index in [1.807, 2.05) is 60.7 Å². The van der Waals surface area contributed by atoms with Gasteiger partial charge in [0.05, 0.1) is 16.8 Å². The molecule has 1 aromatic heterocycles. The summed E-state index contributed by atoms with van der Waals surface area (Å²) in [5.41, 5.74) is 4.37. The highest BCUT2D eigenvalue weighted by Crippen LogP contribution is 2.36. The average Bonchev–Trinajstić information content (AvgIpc) is 3.36. The van der Waals surface area contributed by atoms with E-state index in [1.54, 1.807) is 0 Å². The zero-order chi connectivity index (χ0) is 26.5. The molecular weight excluding hydrogens is 476 g/mol. The van der Waals surface area contributed by atoms with E-state index in [2.05, 4.69) is 12.1 Å². The highest BCUT2D eigenvalue weighted by molar-refractivity contribution is 6.24. The van der Waals surface area contributed by atoms with E-state index in [0.29, 0.717) is 67.0 Å². The summed E-state index contributed by atoms with van der Waals surface area (Å²) in [6.07, 6.45) is 4.47. The highest BCUT2D eigenvalue weighted by atomic mass is 16.5. The van der Waals surface area contributed by atoms with Gasteiger partial charge in [-0.3, -0.25) is 14.6 Å². The molecule has 0 aliphatic heterocycles. The summed E-state index contributed by atoms with van der Waals surface area (Å²) < 4.78 is 5.60. The van der Waals surface area contributed by atoms with Crippen LogP contribution >= 0.6 is 0 Å². The third-order valence-electron chi connectivity index (χ3n) is 7.66. The Morgan fingerprint density at radius 3 is 2.21 bits per heavy atom. The first-order chi connectivity index (χ1) is 18.5. The number of aromatic nitrogens is 1. The number of allylic oxidation sites excluding steroid dienone is 2. The van der Waals surface area contributed by atoms with Crippen molar-refractivity contribution in [1.82, 2.24) is 5.16 Å². The van der Waals surface area contributed by atoms with Gasteiger partial charge in [-0.25, -0.2) is 0 Å². The van der Waals surface area contributed by atoms with E-state index in [-0.39, 0.29) is 35.6 Å². The molecule has 6 heteroatoms. The second-order valence-corrected chi connectivity index (χ2v) is 10.3. The Labute approximate surface area is 223 Å². The molecule has 0 saturated heterocycles. The number of rotatable bonds is 8. The molecule has 6 nitrogen and oxygen atoms in total. The van der Waals surface area contributed by atoms with Gasteiger partial charge in [0.2, 0.25) is 0 Å². The van der Waals surface area contributed by atoms with Crippen molar-refractivity contribution < 1.29 is 19.2 Å². The Morgan fingerprint density at radius 2 is 1.55 bits per heavy atom. The van der Waals surface area contributed by atoms with Gasteiger partial charge in [-0.2, -0.15) is 0 Å². The lowest BCUT2D eigenvalue weighted by molar-refractivity contribution is -0.116. The summed E-state index contributed by atoms with van der Waals surface area (Å²) in [5.74, 6) is 0.703. The Hall–Kier alpha value is -3.80. The summed E-state index contributed by atoms with van der Waals surface area (Å²) in [4.78, 5) is 31.1. The van der Waals surface area contributed by atoms with Crippen molar-refractivity contribution in [1.29, 1.82) is 0 Å². The average molecular weight is 511 g/mol. The standard InChI is InChI=1S/C32H34N2O4/c1-2-3-16-33-26-17-23(21-10-6-4-7-11-21)18-28(36)31(26)27(35)15-14-25-32-29(37)19-24(20-30(32)38-34-25)22-12-8-5-9-13-22/h4-13,23-24,35H,2-3,14-20H2,1H3/b31-27+,33-26?. The minimum absolute atomic E-state index is 0.0183. The fourth-order valence-corrected chi connectivity index (χ4v) is 5.63. The first kappa shape index (κ1) is 25.8. The fourth-order valence-electron chi connectivity index (χ4n) is 5.63. The van der Waals surface area contributed by atoms with Crippen molar-refractivity contribution in [3.8, 4) is 0 Å². The lowest BCUT2D eigenvalue weighted by Gasteiger charge is -2.26. The molecule has 2 aliphatic carbocycles. The number of unbranched alkanes of at least 4 members (excludes halogenated alkanes) is 1. The zero-order valence-electron chi connectivity index (χ0n) is 21.9. The number of ketones is 2. The van der Waals surface area contributed by atoms with Gasteiger partial charge in [0.15, 0.2) is 11.6 Å². The van der Waals surface area contributed by atoms with Crippen LogP contribution in [0.15, 0.2) is 81.5 Å². The Kier molecular flexibility index (Phi) is 7.97. The molecule has 0 spiro atoms. The van der Waals surface area contributed by atoms with Crippen LogP contribution in [0.2, 0.25) is 0 Å². The molecule has 1 heterocycles. The third kappa shape index (κ3) is 5.54. The Bertz CT molecular complexity index is 1350. The van der Waals surface area contributed by atoms with Crippen LogP contribution in [0.4, 0.5) is 0 Å². The highest BCUT2D eigenvalue weighted by Gasteiger charge is 2.34. The number of aliphatic hydroxyl groups is 1. The molecule has 196 valence electrons. The molecule has 1 fully saturated rings. The molecule has 2 aromatic carbocycles. The second-order valence-electron chi connectivity index (χ2n) is 10.3. The van der Waals surface area contributed by atoms with Crippen LogP contribution in [-0.2, 0) is 17.6 Å². The van der Waals surface area contributed by atoms with Gasteiger partial charge in [-0.05, 0) is 35.8 Å². The summed E-state index contributed by atoms with van der Waals surface area (Å²) in [6, 6.07) is 20.0. The SMILES string of the molecule is CCCCN=C1CC(c2ccccc2)CC(=O)/C1=C(/O)CCc1noc2c1C(=O)CC(c1ccccc1)C2. The number of hydrogen-bond acceptors (Lipinski definition) is 6. The van der Waals surface area contributed by atoms with Crippen LogP contribution in [0.5, 0.6) is 0 Å². The number of nitrogens with zero attached hydrogens (tertiary/aromatic N) is 2. The van der Waals surface area contributed by atoms with E-state index < -0.39 is 0 Å². The van der Waals surface area contributed by atoms with Crippen molar-refractivity contribution in [2.75, 3.05) is 6.54 Å². The molecule has 2 aliphatic rings. The van der Waals surface area contributed by atoms with Crippen LogP contribution in [0.25, 0.3) is 0 Å². The smallest absolute Gasteiger partial charge is 0.168 e. The predicted molar refractivity (Wildman–Crippen MR) is 147 cm³/mol. The van der Waals surface area contributed by atoms with Crippen LogP contribution in [0, 0.1) is 0 Å². The van der Waals surface area contributed by atoms with Gasteiger partial charge in [-0.15, -0.1) is 0 Å². The molecule has 2 unspecified atom stereocenters. The predicted octanol–water partition coefficient (Wildman–Crippen LogP) is 6.72. The largest absolute Gasteiger partial charge is 0.511 e. The summed E-state index contributed by atoms with van der Waals surface area (Å²) in [5, 5.41) is 15.3. The number of carbonyl (C=O) groups is 2. The molecule has 38 heavy (non-hydrogen) atoms. The molecule has 0 radical (unpaired) electrons. The molecule has 1 saturated carbocycles. The normalized spacial score (nSPS) is 22.0. The van der Waals surface area contributed by atoms with Gasteiger partial charge in [-0.1, -0.05) is 79.2 Å². The van der Waals surface area contributed by atoms with Gasteiger partial charge in [0.25, 0.3) is 0 Å². The minimum Gasteiger partial charge on any atom is -0.511 e. The number of aliphatic imine (C=N–C) groups is 1. The van der Waals surface area contributed by atoms with E-state index in [9.17, 15) is 14.7 Å². The number of Topliss-reactive ketones (excluding diaryl/α,β-unsaturated/α-hetero) is 2. The van der Waals surface area contributed by atoms with Crippen LogP contribution in [0.3, 0.4) is 0 Å². The van der Waals surface area contributed by atoms with Crippen LogP contribution in [0.1, 0.15) is 90.2 Å². The molecule has 2 atom stereocenters. The maximum atomic E-state index is 13.3. The van der Waals surface area contributed by atoms with Gasteiger partial charge in [0, 0.05) is 44.4 Å². The molecule has 0 bridgehead atoms. The van der Waals surface area contributed by atoms with Crippen molar-refractivity contribution in [3.05, 3.63) is 100 Å². The zero-order valence-corrected chi connectivity index (χ0v) is 21.9. The second kappa shape index (κ2) is 11.7. The van der Waals surface area contributed by atoms with E-state index >= 15 is 0 Å². The number of aliphatic hydroxyl groups excluding tert-OH is 1. The quantitative estimate of drug-likeness (QED) is 0.206.